The average Bonchev–Trinajstić information content (AvgIpc) is 2.17. The second kappa shape index (κ2) is 2.73. The maximum Gasteiger partial charge on any atom is 0.269 e. The van der Waals surface area contributed by atoms with Crippen molar-refractivity contribution in [3.05, 3.63) is 24.3 Å². The van der Waals surface area contributed by atoms with E-state index in [9.17, 15) is 0 Å². The van der Waals surface area contributed by atoms with E-state index in [4.69, 9.17) is 14.7 Å². The molecule has 4 nitrogen and oxygen atoms in total. The highest BCUT2D eigenvalue weighted by atomic mass is 16.6. The second-order valence-corrected chi connectivity index (χ2v) is 2.33. The quantitative estimate of drug-likeness (QED) is 0.465. The van der Waals surface area contributed by atoms with Gasteiger partial charge in [-0.2, -0.15) is 0 Å². The van der Waals surface area contributed by atoms with Gasteiger partial charge in [0.25, 0.3) is 5.90 Å². The molecule has 0 bridgehead atoms. The Labute approximate surface area is 69.0 Å². The molecule has 0 atom stereocenters. The van der Waals surface area contributed by atoms with Crippen LogP contribution in [-0.4, -0.2) is 17.7 Å². The molecule has 62 valence electrons. The number of ether oxygens (including phenoxy) is 2. The van der Waals surface area contributed by atoms with Gasteiger partial charge in [-0.15, -0.1) is 0 Å². The number of para-hydroxylation sites is 2. The molecule has 0 aromatic heterocycles. The highest BCUT2D eigenvalue weighted by Gasteiger charge is 2.15. The first-order chi connectivity index (χ1) is 5.90. The van der Waals surface area contributed by atoms with Crippen molar-refractivity contribution in [2.75, 3.05) is 6.61 Å². The van der Waals surface area contributed by atoms with Crippen LogP contribution in [0.25, 0.3) is 0 Å². The number of nitrogens with zero attached hydrogens (tertiary/aromatic N) is 1. The van der Waals surface area contributed by atoms with E-state index < -0.39 is 0 Å². The molecule has 1 heterocycles. The fourth-order valence-corrected chi connectivity index (χ4v) is 0.999. The third-order valence-electron chi connectivity index (χ3n) is 1.54. The van der Waals surface area contributed by atoms with E-state index in [0.29, 0.717) is 11.5 Å². The highest BCUT2D eigenvalue weighted by molar-refractivity contribution is 5.81. The van der Waals surface area contributed by atoms with Crippen LogP contribution < -0.4 is 9.47 Å². The summed E-state index contributed by atoms with van der Waals surface area (Å²) < 4.78 is 10.4. The number of benzene rings is 1. The van der Waals surface area contributed by atoms with E-state index in [1.165, 1.54) is 0 Å². The van der Waals surface area contributed by atoms with Gasteiger partial charge in [0, 0.05) is 0 Å². The van der Waals surface area contributed by atoms with Crippen LogP contribution >= 0.6 is 0 Å². The fourth-order valence-electron chi connectivity index (χ4n) is 0.999. The van der Waals surface area contributed by atoms with Gasteiger partial charge in [-0.1, -0.05) is 17.3 Å². The van der Waals surface area contributed by atoms with Crippen molar-refractivity contribution in [1.29, 1.82) is 0 Å². The summed E-state index contributed by atoms with van der Waals surface area (Å²) in [6.45, 7) is 0.174. The summed E-state index contributed by atoms with van der Waals surface area (Å²) in [5.74, 6) is 1.43. The van der Waals surface area contributed by atoms with Gasteiger partial charge in [-0.25, -0.2) is 0 Å². The summed E-state index contributed by atoms with van der Waals surface area (Å²) in [5, 5.41) is 11.3. The Balaban J connectivity index is 2.35. The first kappa shape index (κ1) is 6.97. The molecule has 1 N–H and O–H groups in total. The maximum absolute atomic E-state index is 8.40. The predicted octanol–water partition coefficient (Wildman–Crippen LogP) is 1.25. The largest absolute Gasteiger partial charge is 0.480 e. The van der Waals surface area contributed by atoms with E-state index in [1.807, 2.05) is 12.1 Å². The van der Waals surface area contributed by atoms with Crippen molar-refractivity contribution in [3.63, 3.8) is 0 Å². The molecule has 0 radical (unpaired) electrons. The standard InChI is InChI=1S/C8H7NO3/c10-9-8-5-11-6-3-1-2-4-7(6)12-8/h1-4,10H,5H2/b9-8-. The van der Waals surface area contributed by atoms with E-state index in [-0.39, 0.29) is 12.5 Å². The zero-order valence-corrected chi connectivity index (χ0v) is 6.23. The number of rotatable bonds is 0. The monoisotopic (exact) mass is 165 g/mol. The van der Waals surface area contributed by atoms with Crippen LogP contribution in [0.4, 0.5) is 0 Å². The molecule has 1 aromatic rings. The fraction of sp³-hybridized carbons (Fsp3) is 0.125. The summed E-state index contributed by atoms with van der Waals surface area (Å²) >= 11 is 0. The molecule has 0 amide bonds. The third kappa shape index (κ3) is 1.07. The minimum atomic E-state index is 0.174. The normalized spacial score (nSPS) is 17.8. The molecular weight excluding hydrogens is 158 g/mol. The first-order valence-corrected chi connectivity index (χ1v) is 3.51. The van der Waals surface area contributed by atoms with Crippen molar-refractivity contribution < 1.29 is 14.7 Å². The Morgan fingerprint density at radius 1 is 1.25 bits per heavy atom. The lowest BCUT2D eigenvalue weighted by atomic mass is 10.3. The molecule has 12 heavy (non-hydrogen) atoms. The zero-order chi connectivity index (χ0) is 8.39. The summed E-state index contributed by atoms with van der Waals surface area (Å²) in [6.07, 6.45) is 0. The van der Waals surface area contributed by atoms with Gasteiger partial charge < -0.3 is 14.7 Å². The molecule has 0 aliphatic carbocycles. The SMILES string of the molecule is O/N=C1/COc2ccccc2O1. The maximum atomic E-state index is 8.40. The molecule has 0 unspecified atom stereocenters. The topological polar surface area (TPSA) is 51.1 Å². The Kier molecular flexibility index (Phi) is 1.59. The van der Waals surface area contributed by atoms with Crippen molar-refractivity contribution in [1.82, 2.24) is 0 Å². The molecule has 0 saturated carbocycles. The van der Waals surface area contributed by atoms with E-state index in [1.54, 1.807) is 12.1 Å². The number of fused-ring (bicyclic) bond motifs is 1. The van der Waals surface area contributed by atoms with Crippen LogP contribution in [0.5, 0.6) is 11.5 Å². The molecule has 4 heteroatoms. The van der Waals surface area contributed by atoms with Gasteiger partial charge in [-0.05, 0) is 12.1 Å². The second-order valence-electron chi connectivity index (χ2n) is 2.33. The Morgan fingerprint density at radius 2 is 2.00 bits per heavy atom. The Morgan fingerprint density at radius 3 is 2.75 bits per heavy atom. The summed E-state index contributed by atoms with van der Waals surface area (Å²) in [4.78, 5) is 0. The van der Waals surface area contributed by atoms with E-state index in [2.05, 4.69) is 5.16 Å². The molecule has 0 fully saturated rings. The number of hydrogen-bond donors (Lipinski definition) is 1. The molecule has 1 aliphatic rings. The van der Waals surface area contributed by atoms with Crippen molar-refractivity contribution in [3.8, 4) is 11.5 Å². The Hall–Kier alpha value is -1.71. The van der Waals surface area contributed by atoms with Crippen LogP contribution in [0.15, 0.2) is 29.4 Å². The van der Waals surface area contributed by atoms with Crippen molar-refractivity contribution in [2.24, 2.45) is 5.16 Å². The smallest absolute Gasteiger partial charge is 0.269 e. The lowest BCUT2D eigenvalue weighted by Gasteiger charge is -2.17. The van der Waals surface area contributed by atoms with Gasteiger partial charge in [0.15, 0.2) is 18.1 Å². The number of hydrogen-bond acceptors (Lipinski definition) is 4. The molecular formula is C8H7NO3. The van der Waals surface area contributed by atoms with Gasteiger partial charge >= 0.3 is 0 Å². The van der Waals surface area contributed by atoms with E-state index in [0.717, 1.165) is 0 Å². The van der Waals surface area contributed by atoms with Crippen LogP contribution in [0.2, 0.25) is 0 Å². The highest BCUT2D eigenvalue weighted by Crippen LogP contribution is 2.29. The molecule has 0 spiro atoms. The molecule has 1 aromatic carbocycles. The summed E-state index contributed by atoms with van der Waals surface area (Å²) in [7, 11) is 0. The minimum absolute atomic E-state index is 0.174. The summed E-state index contributed by atoms with van der Waals surface area (Å²) in [6, 6.07) is 7.22. The predicted molar refractivity (Wildman–Crippen MR) is 41.8 cm³/mol. The lowest BCUT2D eigenvalue weighted by molar-refractivity contribution is 0.260. The minimum Gasteiger partial charge on any atom is -0.480 e. The van der Waals surface area contributed by atoms with Crippen LogP contribution in [0.1, 0.15) is 0 Å². The van der Waals surface area contributed by atoms with Gasteiger partial charge in [0.05, 0.1) is 0 Å². The van der Waals surface area contributed by atoms with Crippen LogP contribution in [-0.2, 0) is 0 Å². The average molecular weight is 165 g/mol. The summed E-state index contributed by atoms with van der Waals surface area (Å²) in [5.41, 5.74) is 0. The van der Waals surface area contributed by atoms with Gasteiger partial charge in [0.2, 0.25) is 0 Å². The number of oxime groups is 1. The Bertz CT molecular complexity index is 322. The zero-order valence-electron chi connectivity index (χ0n) is 6.23. The lowest BCUT2D eigenvalue weighted by Crippen LogP contribution is -2.23. The van der Waals surface area contributed by atoms with E-state index >= 15 is 0 Å². The van der Waals surface area contributed by atoms with Crippen LogP contribution in [0.3, 0.4) is 0 Å². The van der Waals surface area contributed by atoms with Crippen LogP contribution in [0, 0.1) is 0 Å². The third-order valence-corrected chi connectivity index (χ3v) is 1.54. The molecule has 0 saturated heterocycles. The van der Waals surface area contributed by atoms with Gasteiger partial charge in [-0.3, -0.25) is 0 Å². The van der Waals surface area contributed by atoms with Crippen molar-refractivity contribution >= 4 is 5.90 Å². The molecule has 1 aliphatic heterocycles. The van der Waals surface area contributed by atoms with Crippen molar-refractivity contribution in [2.45, 2.75) is 0 Å². The van der Waals surface area contributed by atoms with Gasteiger partial charge in [0.1, 0.15) is 0 Å². The molecule has 2 rings (SSSR count). The first-order valence-electron chi connectivity index (χ1n) is 3.51.